The summed E-state index contributed by atoms with van der Waals surface area (Å²) in [5.74, 6) is -2.00. The van der Waals surface area contributed by atoms with Crippen molar-refractivity contribution in [3.8, 4) is 0 Å². The van der Waals surface area contributed by atoms with Crippen molar-refractivity contribution in [2.24, 2.45) is 0 Å². The molecule has 0 aromatic heterocycles. The zero-order chi connectivity index (χ0) is 26.3. The molecule has 178 valence electrons. The SMILES string of the molecule is [2H]c1c([2H])c(NCc2ccc(CN3CCOCC3)cc2F)c2c(c1[2H])C(=O)N(C1CCC(=O)NC1=O)C2. The van der Waals surface area contributed by atoms with Crippen LogP contribution in [0.15, 0.2) is 36.3 Å². The lowest BCUT2D eigenvalue weighted by molar-refractivity contribution is -0.136. The van der Waals surface area contributed by atoms with Crippen molar-refractivity contribution in [3.63, 3.8) is 0 Å². The van der Waals surface area contributed by atoms with Crippen LogP contribution in [0, 0.1) is 5.82 Å². The molecule has 1 atom stereocenters. The Labute approximate surface area is 201 Å². The number of hydrogen-bond acceptors (Lipinski definition) is 6. The van der Waals surface area contributed by atoms with E-state index >= 15 is 0 Å². The van der Waals surface area contributed by atoms with Crippen LogP contribution in [-0.4, -0.2) is 59.9 Å². The van der Waals surface area contributed by atoms with Gasteiger partial charge in [-0.15, -0.1) is 0 Å². The minimum absolute atomic E-state index is 0.00534. The van der Waals surface area contributed by atoms with Gasteiger partial charge in [-0.05, 0) is 30.1 Å². The molecule has 3 amide bonds. The highest BCUT2D eigenvalue weighted by Gasteiger charge is 2.39. The van der Waals surface area contributed by atoms with E-state index in [0.29, 0.717) is 30.9 Å². The standard InChI is InChI=1S/C25H27FN4O4/c26-20-12-16(14-29-8-10-34-11-9-29)4-5-17(20)13-27-21-3-1-2-18-19(21)15-30(25(18)33)22-6-7-23(31)28-24(22)32/h1-5,12,22,27H,6-11,13-15H2,(H,28,31,32)/i1D,2D,3D. The Hall–Kier alpha value is -3.30. The maximum atomic E-state index is 14.9. The van der Waals surface area contributed by atoms with Crippen LogP contribution < -0.4 is 10.6 Å². The van der Waals surface area contributed by atoms with E-state index in [0.717, 1.165) is 18.7 Å². The molecule has 0 bridgehead atoms. The Morgan fingerprint density at radius 2 is 2.03 bits per heavy atom. The smallest absolute Gasteiger partial charge is 0.255 e. The average Bonchev–Trinajstić information content (AvgIpc) is 3.21. The second kappa shape index (κ2) is 9.52. The second-order valence-corrected chi connectivity index (χ2v) is 8.67. The number of carbonyl (C=O) groups excluding carboxylic acids is 3. The normalized spacial score (nSPS) is 22.1. The monoisotopic (exact) mass is 469 g/mol. The minimum Gasteiger partial charge on any atom is -0.381 e. The van der Waals surface area contributed by atoms with Gasteiger partial charge >= 0.3 is 0 Å². The third-order valence-electron chi connectivity index (χ3n) is 6.45. The van der Waals surface area contributed by atoms with Gasteiger partial charge in [-0.3, -0.25) is 24.6 Å². The third kappa shape index (κ3) is 4.53. The number of halogens is 1. The Morgan fingerprint density at radius 3 is 2.79 bits per heavy atom. The van der Waals surface area contributed by atoms with Crippen LogP contribution in [-0.2, 0) is 34.0 Å². The van der Waals surface area contributed by atoms with E-state index in [1.165, 1.54) is 11.0 Å². The van der Waals surface area contributed by atoms with Gasteiger partial charge in [-0.1, -0.05) is 18.2 Å². The van der Waals surface area contributed by atoms with Crippen molar-refractivity contribution < 1.29 is 27.6 Å². The zero-order valence-electron chi connectivity index (χ0n) is 21.6. The molecule has 2 fully saturated rings. The van der Waals surface area contributed by atoms with Crippen LogP contribution in [0.4, 0.5) is 10.1 Å². The number of imide groups is 1. The van der Waals surface area contributed by atoms with Gasteiger partial charge in [0.1, 0.15) is 11.9 Å². The van der Waals surface area contributed by atoms with E-state index in [4.69, 9.17) is 8.85 Å². The molecule has 2 saturated heterocycles. The summed E-state index contributed by atoms with van der Waals surface area (Å²) in [7, 11) is 0. The lowest BCUT2D eigenvalue weighted by Gasteiger charge is -2.29. The van der Waals surface area contributed by atoms with E-state index in [-0.39, 0.29) is 49.3 Å². The first-order valence-corrected chi connectivity index (χ1v) is 11.3. The summed E-state index contributed by atoms with van der Waals surface area (Å²) in [4.78, 5) is 40.6. The van der Waals surface area contributed by atoms with Crippen LogP contribution in [0.5, 0.6) is 0 Å². The average molecular weight is 470 g/mol. The number of ether oxygens (including phenoxy) is 1. The van der Waals surface area contributed by atoms with Crippen LogP contribution in [0.3, 0.4) is 0 Å². The Kier molecular flexibility index (Phi) is 5.33. The fourth-order valence-electron chi connectivity index (χ4n) is 4.57. The summed E-state index contributed by atoms with van der Waals surface area (Å²) in [6.07, 6.45) is 0.244. The molecule has 2 aromatic rings. The quantitative estimate of drug-likeness (QED) is 0.630. The second-order valence-electron chi connectivity index (χ2n) is 8.67. The fourth-order valence-corrected chi connectivity index (χ4v) is 4.57. The van der Waals surface area contributed by atoms with Gasteiger partial charge in [0.05, 0.1) is 17.3 Å². The van der Waals surface area contributed by atoms with Gasteiger partial charge in [0.25, 0.3) is 5.91 Å². The lowest BCUT2D eigenvalue weighted by Crippen LogP contribution is -2.52. The fraction of sp³-hybridized carbons (Fsp3) is 0.400. The van der Waals surface area contributed by atoms with E-state index < -0.39 is 35.6 Å². The van der Waals surface area contributed by atoms with Gasteiger partial charge in [0.2, 0.25) is 11.8 Å². The van der Waals surface area contributed by atoms with Gasteiger partial charge in [-0.2, -0.15) is 0 Å². The molecular formula is C25H27FN4O4. The number of carbonyl (C=O) groups is 3. The third-order valence-corrected chi connectivity index (χ3v) is 6.45. The van der Waals surface area contributed by atoms with E-state index in [2.05, 4.69) is 15.5 Å². The van der Waals surface area contributed by atoms with Crippen LogP contribution >= 0.6 is 0 Å². The van der Waals surface area contributed by atoms with Gasteiger partial charge in [0.15, 0.2) is 0 Å². The molecule has 0 radical (unpaired) electrons. The number of benzene rings is 2. The van der Waals surface area contributed by atoms with Crippen molar-refractivity contribution >= 4 is 23.4 Å². The topological polar surface area (TPSA) is 91.0 Å². The number of piperidine rings is 1. The number of hydrogen-bond donors (Lipinski definition) is 2. The van der Waals surface area contributed by atoms with Crippen molar-refractivity contribution in [2.75, 3.05) is 31.6 Å². The van der Waals surface area contributed by atoms with E-state index in [1.54, 1.807) is 6.07 Å². The van der Waals surface area contributed by atoms with Crippen LogP contribution in [0.1, 0.15) is 44.0 Å². The minimum atomic E-state index is -0.885. The maximum absolute atomic E-state index is 14.9. The first kappa shape index (κ1) is 19.1. The molecule has 34 heavy (non-hydrogen) atoms. The zero-order valence-corrected chi connectivity index (χ0v) is 18.6. The van der Waals surface area contributed by atoms with Crippen molar-refractivity contribution in [1.29, 1.82) is 0 Å². The van der Waals surface area contributed by atoms with Crippen molar-refractivity contribution in [1.82, 2.24) is 15.1 Å². The molecule has 0 aliphatic carbocycles. The summed E-state index contributed by atoms with van der Waals surface area (Å²) in [6, 6.07) is 3.03. The van der Waals surface area contributed by atoms with E-state index in [1.807, 2.05) is 6.07 Å². The number of amides is 3. The number of anilines is 1. The summed E-state index contributed by atoms with van der Waals surface area (Å²) < 4.78 is 45.2. The first-order chi connectivity index (χ1) is 17.7. The Bertz CT molecular complexity index is 1290. The molecule has 8 nitrogen and oxygen atoms in total. The van der Waals surface area contributed by atoms with Gasteiger partial charge in [0, 0.05) is 61.5 Å². The summed E-state index contributed by atoms with van der Waals surface area (Å²) >= 11 is 0. The predicted molar refractivity (Wildman–Crippen MR) is 122 cm³/mol. The molecule has 3 heterocycles. The molecule has 1 unspecified atom stereocenters. The molecule has 2 N–H and O–H groups in total. The number of morpholine rings is 1. The molecule has 2 aromatic carbocycles. The first-order valence-electron chi connectivity index (χ1n) is 12.8. The number of nitrogens with zero attached hydrogens (tertiary/aromatic N) is 2. The summed E-state index contributed by atoms with van der Waals surface area (Å²) in [5.41, 5.74) is 1.63. The maximum Gasteiger partial charge on any atom is 0.255 e. The van der Waals surface area contributed by atoms with E-state index in [9.17, 15) is 18.8 Å². The lowest BCUT2D eigenvalue weighted by atomic mass is 10.0. The van der Waals surface area contributed by atoms with Crippen molar-refractivity contribution in [2.45, 2.75) is 38.5 Å². The molecule has 9 heteroatoms. The molecule has 3 aliphatic heterocycles. The largest absolute Gasteiger partial charge is 0.381 e. The predicted octanol–water partition coefficient (Wildman–Crippen LogP) is 2.03. The van der Waals surface area contributed by atoms with Crippen LogP contribution in [0.25, 0.3) is 0 Å². The highest BCUT2D eigenvalue weighted by Crippen LogP contribution is 2.32. The van der Waals surface area contributed by atoms with Gasteiger partial charge < -0.3 is 15.0 Å². The van der Waals surface area contributed by atoms with Crippen LogP contribution in [0.2, 0.25) is 0 Å². The molecule has 5 rings (SSSR count). The highest BCUT2D eigenvalue weighted by molar-refractivity contribution is 6.06. The Morgan fingerprint density at radius 1 is 1.21 bits per heavy atom. The number of rotatable bonds is 6. The summed E-state index contributed by atoms with van der Waals surface area (Å²) in [6.45, 7) is 3.46. The Balaban J connectivity index is 1.36. The molecule has 0 saturated carbocycles. The molecular weight excluding hydrogens is 439 g/mol. The highest BCUT2D eigenvalue weighted by atomic mass is 19.1. The summed E-state index contributed by atoms with van der Waals surface area (Å²) in [5, 5.41) is 5.24. The molecule has 0 spiro atoms. The van der Waals surface area contributed by atoms with Crippen molar-refractivity contribution in [3.05, 3.63) is 64.4 Å². The molecule has 3 aliphatic rings. The van der Waals surface area contributed by atoms with Gasteiger partial charge in [-0.25, -0.2) is 4.39 Å². The number of nitrogens with one attached hydrogen (secondary N) is 2. The number of fused-ring (bicyclic) bond motifs is 1.